The van der Waals surface area contributed by atoms with Gasteiger partial charge in [0.2, 0.25) is 5.91 Å². The van der Waals surface area contributed by atoms with Gasteiger partial charge in [0, 0.05) is 17.5 Å². The van der Waals surface area contributed by atoms with E-state index in [9.17, 15) is 9.59 Å². The molecule has 0 fully saturated rings. The molecule has 0 saturated carbocycles. The molecule has 1 aromatic carbocycles. The third-order valence-electron chi connectivity index (χ3n) is 4.70. The standard InChI is InChI=1S/C21H17ClN2O4/c1-2-19(25)23-15-7-8-16(21-14(15)6-9-18(22)24-21)27-13-5-3-12-4-10-20(26)28-17(12)11-13/h2-6,9-11,15-16H,1,7-8H2,(H,23,25)/t15-,16+/m0/s1. The fraction of sp³-hybridized carbons (Fsp3) is 0.190. The second-order valence-corrected chi connectivity index (χ2v) is 6.90. The van der Waals surface area contributed by atoms with E-state index in [-0.39, 0.29) is 18.1 Å². The lowest BCUT2D eigenvalue weighted by Crippen LogP contribution is -2.32. The van der Waals surface area contributed by atoms with E-state index in [1.807, 2.05) is 18.2 Å². The number of carbonyl (C=O) groups is 1. The molecular weight excluding hydrogens is 380 g/mol. The van der Waals surface area contributed by atoms with Crippen molar-refractivity contribution in [1.29, 1.82) is 0 Å². The van der Waals surface area contributed by atoms with E-state index in [0.29, 0.717) is 35.0 Å². The van der Waals surface area contributed by atoms with Crippen LogP contribution >= 0.6 is 11.6 Å². The van der Waals surface area contributed by atoms with Crippen LogP contribution in [0.25, 0.3) is 11.0 Å². The quantitative estimate of drug-likeness (QED) is 0.408. The molecular formula is C21H17ClN2O4. The molecule has 0 saturated heterocycles. The molecule has 2 heterocycles. The topological polar surface area (TPSA) is 81.4 Å². The normalized spacial score (nSPS) is 18.3. The minimum absolute atomic E-state index is 0.181. The third-order valence-corrected chi connectivity index (χ3v) is 4.91. The number of pyridine rings is 1. The van der Waals surface area contributed by atoms with Crippen molar-refractivity contribution in [3.63, 3.8) is 0 Å². The van der Waals surface area contributed by atoms with Crippen molar-refractivity contribution in [1.82, 2.24) is 10.3 Å². The van der Waals surface area contributed by atoms with Crippen molar-refractivity contribution in [2.75, 3.05) is 0 Å². The van der Waals surface area contributed by atoms with E-state index in [1.54, 1.807) is 18.2 Å². The average molecular weight is 397 g/mol. The smallest absolute Gasteiger partial charge is 0.336 e. The fourth-order valence-corrected chi connectivity index (χ4v) is 3.55. The molecule has 0 unspecified atom stereocenters. The molecule has 1 N–H and O–H groups in total. The molecule has 28 heavy (non-hydrogen) atoms. The fourth-order valence-electron chi connectivity index (χ4n) is 3.40. The van der Waals surface area contributed by atoms with Gasteiger partial charge in [-0.1, -0.05) is 24.2 Å². The first-order valence-corrected chi connectivity index (χ1v) is 9.21. The van der Waals surface area contributed by atoms with Gasteiger partial charge in [0.05, 0.1) is 11.7 Å². The highest BCUT2D eigenvalue weighted by atomic mass is 35.5. The largest absolute Gasteiger partial charge is 0.484 e. The van der Waals surface area contributed by atoms with Crippen LogP contribution in [0.15, 0.2) is 64.3 Å². The first-order chi connectivity index (χ1) is 13.5. The number of aromatic nitrogens is 1. The molecule has 7 heteroatoms. The van der Waals surface area contributed by atoms with E-state index < -0.39 is 5.63 Å². The minimum atomic E-state index is -0.415. The van der Waals surface area contributed by atoms with Crippen molar-refractivity contribution in [3.05, 3.63) is 82.0 Å². The van der Waals surface area contributed by atoms with Gasteiger partial charge in [0.15, 0.2) is 0 Å². The monoisotopic (exact) mass is 396 g/mol. The summed E-state index contributed by atoms with van der Waals surface area (Å²) in [7, 11) is 0. The zero-order valence-electron chi connectivity index (χ0n) is 14.9. The number of hydrogen-bond donors (Lipinski definition) is 1. The van der Waals surface area contributed by atoms with Crippen LogP contribution in [0.2, 0.25) is 5.15 Å². The summed E-state index contributed by atoms with van der Waals surface area (Å²) in [6, 6.07) is 11.8. The van der Waals surface area contributed by atoms with Crippen LogP contribution in [0.1, 0.15) is 36.2 Å². The van der Waals surface area contributed by atoms with Gasteiger partial charge in [0.1, 0.15) is 22.6 Å². The van der Waals surface area contributed by atoms with Crippen molar-refractivity contribution >= 4 is 28.5 Å². The maximum absolute atomic E-state index is 11.7. The van der Waals surface area contributed by atoms with Gasteiger partial charge in [0.25, 0.3) is 0 Å². The predicted octanol–water partition coefficient (Wildman–Crippen LogP) is 4.10. The van der Waals surface area contributed by atoms with Crippen LogP contribution < -0.4 is 15.7 Å². The number of benzene rings is 1. The summed E-state index contributed by atoms with van der Waals surface area (Å²) in [5.41, 5.74) is 1.59. The molecule has 1 aliphatic rings. The SMILES string of the molecule is C=CC(=O)N[C@H]1CC[C@@H](Oc2ccc3ccc(=O)oc3c2)c2nc(Cl)ccc21. The Morgan fingerprint density at radius 1 is 1.25 bits per heavy atom. The molecule has 6 nitrogen and oxygen atoms in total. The van der Waals surface area contributed by atoms with Gasteiger partial charge in [-0.25, -0.2) is 9.78 Å². The molecule has 4 rings (SSSR count). The van der Waals surface area contributed by atoms with Crippen LogP contribution in [-0.4, -0.2) is 10.9 Å². The summed E-state index contributed by atoms with van der Waals surface area (Å²) >= 11 is 6.10. The summed E-state index contributed by atoms with van der Waals surface area (Å²) in [5.74, 6) is 0.322. The lowest BCUT2D eigenvalue weighted by Gasteiger charge is -2.31. The summed E-state index contributed by atoms with van der Waals surface area (Å²) in [5, 5.41) is 4.08. The number of hydrogen-bond acceptors (Lipinski definition) is 5. The first kappa shape index (κ1) is 18.3. The Balaban J connectivity index is 1.65. The van der Waals surface area contributed by atoms with Gasteiger partial charge < -0.3 is 14.5 Å². The van der Waals surface area contributed by atoms with Crippen LogP contribution in [0.5, 0.6) is 5.75 Å². The highest BCUT2D eigenvalue weighted by Gasteiger charge is 2.31. The Kier molecular flexibility index (Phi) is 4.88. The minimum Gasteiger partial charge on any atom is -0.484 e. The molecule has 3 aromatic rings. The lowest BCUT2D eigenvalue weighted by atomic mass is 9.89. The van der Waals surface area contributed by atoms with Crippen molar-refractivity contribution in [2.24, 2.45) is 0 Å². The number of fused-ring (bicyclic) bond motifs is 2. The van der Waals surface area contributed by atoms with Crippen LogP contribution in [0.3, 0.4) is 0 Å². The molecule has 142 valence electrons. The maximum atomic E-state index is 11.7. The number of amides is 1. The molecule has 1 amide bonds. The molecule has 0 spiro atoms. The predicted molar refractivity (Wildman–Crippen MR) is 105 cm³/mol. The molecule has 0 aliphatic heterocycles. The Bertz CT molecular complexity index is 1120. The number of rotatable bonds is 4. The second kappa shape index (κ2) is 7.48. The average Bonchev–Trinajstić information content (AvgIpc) is 2.69. The second-order valence-electron chi connectivity index (χ2n) is 6.51. The van der Waals surface area contributed by atoms with E-state index in [0.717, 1.165) is 10.9 Å². The van der Waals surface area contributed by atoms with Crippen LogP contribution in [0.4, 0.5) is 0 Å². The highest BCUT2D eigenvalue weighted by molar-refractivity contribution is 6.29. The number of nitrogens with zero attached hydrogens (tertiary/aromatic N) is 1. The summed E-state index contributed by atoms with van der Waals surface area (Å²) in [4.78, 5) is 27.6. The summed E-state index contributed by atoms with van der Waals surface area (Å²) in [6.45, 7) is 3.49. The van der Waals surface area contributed by atoms with E-state index in [4.69, 9.17) is 20.8 Å². The first-order valence-electron chi connectivity index (χ1n) is 8.83. The van der Waals surface area contributed by atoms with Gasteiger partial charge in [-0.2, -0.15) is 0 Å². The number of nitrogens with one attached hydrogen (secondary N) is 1. The Morgan fingerprint density at radius 3 is 2.89 bits per heavy atom. The van der Waals surface area contributed by atoms with E-state index in [1.165, 1.54) is 12.1 Å². The van der Waals surface area contributed by atoms with Gasteiger partial charge in [-0.3, -0.25) is 4.79 Å². The molecule has 2 aromatic heterocycles. The van der Waals surface area contributed by atoms with Crippen molar-refractivity contribution in [2.45, 2.75) is 25.0 Å². The van der Waals surface area contributed by atoms with E-state index in [2.05, 4.69) is 16.9 Å². The summed E-state index contributed by atoms with van der Waals surface area (Å²) < 4.78 is 11.4. The maximum Gasteiger partial charge on any atom is 0.336 e. The Labute approximate surface area is 165 Å². The zero-order chi connectivity index (χ0) is 19.7. The van der Waals surface area contributed by atoms with Gasteiger partial charge in [-0.15, -0.1) is 0 Å². The summed E-state index contributed by atoms with van der Waals surface area (Å²) in [6.07, 6.45) is 2.23. The number of halogens is 1. The van der Waals surface area contributed by atoms with Crippen molar-refractivity contribution < 1.29 is 13.9 Å². The number of ether oxygens (including phenoxy) is 1. The van der Waals surface area contributed by atoms with E-state index >= 15 is 0 Å². The third kappa shape index (κ3) is 3.64. The van der Waals surface area contributed by atoms with Gasteiger partial charge >= 0.3 is 5.63 Å². The lowest BCUT2D eigenvalue weighted by molar-refractivity contribution is -0.117. The van der Waals surface area contributed by atoms with Crippen LogP contribution in [0, 0.1) is 0 Å². The number of carbonyl (C=O) groups excluding carboxylic acids is 1. The zero-order valence-corrected chi connectivity index (χ0v) is 15.6. The highest BCUT2D eigenvalue weighted by Crippen LogP contribution is 2.38. The van der Waals surface area contributed by atoms with Crippen LogP contribution in [-0.2, 0) is 4.79 Å². The van der Waals surface area contributed by atoms with Gasteiger partial charge in [-0.05, 0) is 48.7 Å². The van der Waals surface area contributed by atoms with Crippen molar-refractivity contribution in [3.8, 4) is 5.75 Å². The molecule has 0 radical (unpaired) electrons. The Morgan fingerprint density at radius 2 is 2.07 bits per heavy atom. The molecule has 0 bridgehead atoms. The molecule has 1 aliphatic carbocycles. The molecule has 2 atom stereocenters. The Hall–Kier alpha value is -3.12.